The first-order valence-electron chi connectivity index (χ1n) is 8.58. The number of nitrogens with zero attached hydrogens (tertiary/aromatic N) is 2. The predicted molar refractivity (Wildman–Crippen MR) is 102 cm³/mol. The summed E-state index contributed by atoms with van der Waals surface area (Å²) in [7, 11) is 1.55. The van der Waals surface area contributed by atoms with Gasteiger partial charge in [-0.2, -0.15) is 5.10 Å². The molecule has 5 heteroatoms. The van der Waals surface area contributed by atoms with Gasteiger partial charge in [0.2, 0.25) is 0 Å². The summed E-state index contributed by atoms with van der Waals surface area (Å²) in [5, 5.41) is 7.15. The lowest BCUT2D eigenvalue weighted by Gasteiger charge is -2.07. The Bertz CT molecular complexity index is 915. The Labute approximate surface area is 153 Å². The van der Waals surface area contributed by atoms with Crippen LogP contribution in [0.4, 0.5) is 4.79 Å². The van der Waals surface area contributed by atoms with E-state index in [1.54, 1.807) is 7.05 Å². The summed E-state index contributed by atoms with van der Waals surface area (Å²) in [6.07, 6.45) is 1.56. The van der Waals surface area contributed by atoms with Crippen LogP contribution in [-0.2, 0) is 17.9 Å². The molecule has 0 saturated heterocycles. The molecule has 26 heavy (non-hydrogen) atoms. The molecule has 3 rings (SSSR count). The Kier molecular flexibility index (Phi) is 5.37. The van der Waals surface area contributed by atoms with Crippen LogP contribution in [0.2, 0.25) is 0 Å². The summed E-state index contributed by atoms with van der Waals surface area (Å²) in [5.41, 5.74) is 6.67. The van der Waals surface area contributed by atoms with E-state index in [0.29, 0.717) is 6.54 Å². The van der Waals surface area contributed by atoms with Crippen molar-refractivity contribution in [2.45, 2.75) is 27.0 Å². The van der Waals surface area contributed by atoms with Crippen LogP contribution in [0.25, 0.3) is 11.3 Å². The number of rotatable bonds is 5. The standard InChI is InChI=1S/C21H23N3O2/c1-15-7-8-19(16(2)11-15)20-9-10-24(23-20)13-17-5-4-6-18(12-17)14-26-21(25)22-3/h4-12H,13-14H2,1-3H3,(H,22,25). The zero-order chi connectivity index (χ0) is 18.5. The van der Waals surface area contributed by atoms with Crippen LogP contribution < -0.4 is 5.32 Å². The van der Waals surface area contributed by atoms with E-state index in [-0.39, 0.29) is 6.61 Å². The first-order valence-corrected chi connectivity index (χ1v) is 8.58. The zero-order valence-corrected chi connectivity index (χ0v) is 15.3. The molecule has 0 aliphatic heterocycles. The molecule has 134 valence electrons. The molecule has 1 amide bonds. The highest BCUT2D eigenvalue weighted by molar-refractivity contribution is 5.66. The van der Waals surface area contributed by atoms with Gasteiger partial charge in [0.25, 0.3) is 0 Å². The Morgan fingerprint density at radius 3 is 2.69 bits per heavy atom. The lowest BCUT2D eigenvalue weighted by molar-refractivity contribution is 0.142. The molecule has 0 radical (unpaired) electrons. The minimum atomic E-state index is -0.430. The van der Waals surface area contributed by atoms with Gasteiger partial charge in [-0.15, -0.1) is 0 Å². The molecule has 0 bridgehead atoms. The minimum absolute atomic E-state index is 0.250. The van der Waals surface area contributed by atoms with Crippen LogP contribution in [0.1, 0.15) is 22.3 Å². The molecule has 0 saturated carbocycles. The maximum atomic E-state index is 11.2. The van der Waals surface area contributed by atoms with Crippen molar-refractivity contribution in [3.63, 3.8) is 0 Å². The van der Waals surface area contributed by atoms with Crippen LogP contribution in [0, 0.1) is 13.8 Å². The molecule has 3 aromatic rings. The number of hydrogen-bond donors (Lipinski definition) is 1. The maximum absolute atomic E-state index is 11.2. The number of carbonyl (C=O) groups excluding carboxylic acids is 1. The number of benzene rings is 2. The summed E-state index contributed by atoms with van der Waals surface area (Å²) in [6, 6.07) is 16.4. The lowest BCUT2D eigenvalue weighted by Crippen LogP contribution is -2.18. The van der Waals surface area contributed by atoms with Crippen LogP contribution in [0.3, 0.4) is 0 Å². The smallest absolute Gasteiger partial charge is 0.407 e. The van der Waals surface area contributed by atoms with Gasteiger partial charge in [0.05, 0.1) is 12.2 Å². The second-order valence-electron chi connectivity index (χ2n) is 6.36. The Hall–Kier alpha value is -3.08. The van der Waals surface area contributed by atoms with Crippen LogP contribution >= 0.6 is 0 Å². The third-order valence-corrected chi connectivity index (χ3v) is 4.21. The van der Waals surface area contributed by atoms with Crippen LogP contribution in [0.5, 0.6) is 0 Å². The van der Waals surface area contributed by atoms with Crippen molar-refractivity contribution >= 4 is 6.09 Å². The number of amides is 1. The fourth-order valence-electron chi connectivity index (χ4n) is 2.92. The van der Waals surface area contributed by atoms with Crippen molar-refractivity contribution in [3.8, 4) is 11.3 Å². The molecule has 0 spiro atoms. The van der Waals surface area contributed by atoms with Gasteiger partial charge >= 0.3 is 6.09 Å². The van der Waals surface area contributed by atoms with Crippen molar-refractivity contribution in [1.82, 2.24) is 15.1 Å². The summed E-state index contributed by atoms with van der Waals surface area (Å²) >= 11 is 0. The number of hydrogen-bond acceptors (Lipinski definition) is 3. The molecule has 5 nitrogen and oxygen atoms in total. The topological polar surface area (TPSA) is 56.1 Å². The molecule has 0 aliphatic rings. The van der Waals surface area contributed by atoms with Crippen LogP contribution in [0.15, 0.2) is 54.7 Å². The average Bonchev–Trinajstić information content (AvgIpc) is 3.08. The minimum Gasteiger partial charge on any atom is -0.445 e. The van der Waals surface area contributed by atoms with E-state index in [2.05, 4.69) is 37.4 Å². The predicted octanol–water partition coefficient (Wildman–Crippen LogP) is 4.07. The number of nitrogens with one attached hydrogen (secondary N) is 1. The van der Waals surface area contributed by atoms with Gasteiger partial charge in [-0.1, -0.05) is 48.0 Å². The maximum Gasteiger partial charge on any atom is 0.407 e. The van der Waals surface area contributed by atoms with Crippen molar-refractivity contribution in [3.05, 3.63) is 77.0 Å². The summed E-state index contributed by atoms with van der Waals surface area (Å²) < 4.78 is 7.02. The van der Waals surface area contributed by atoms with Gasteiger partial charge in [-0.25, -0.2) is 4.79 Å². The number of alkyl carbamates (subject to hydrolysis) is 1. The van der Waals surface area contributed by atoms with Gasteiger partial charge in [0, 0.05) is 18.8 Å². The van der Waals surface area contributed by atoms with E-state index in [4.69, 9.17) is 9.84 Å². The van der Waals surface area contributed by atoms with Gasteiger partial charge < -0.3 is 10.1 Å². The fraction of sp³-hybridized carbons (Fsp3) is 0.238. The molecule has 2 aromatic carbocycles. The molecular weight excluding hydrogens is 326 g/mol. The third-order valence-electron chi connectivity index (χ3n) is 4.21. The Morgan fingerprint density at radius 1 is 1.12 bits per heavy atom. The molecule has 0 aliphatic carbocycles. The molecule has 0 atom stereocenters. The number of aromatic nitrogens is 2. The molecule has 0 unspecified atom stereocenters. The van der Waals surface area contributed by atoms with E-state index >= 15 is 0 Å². The van der Waals surface area contributed by atoms with Crippen molar-refractivity contribution in [2.24, 2.45) is 0 Å². The van der Waals surface area contributed by atoms with Crippen molar-refractivity contribution < 1.29 is 9.53 Å². The van der Waals surface area contributed by atoms with E-state index in [1.807, 2.05) is 41.2 Å². The molecule has 1 heterocycles. The number of aryl methyl sites for hydroxylation is 2. The monoisotopic (exact) mass is 349 g/mol. The second kappa shape index (κ2) is 7.87. The summed E-state index contributed by atoms with van der Waals surface area (Å²) in [4.78, 5) is 11.2. The van der Waals surface area contributed by atoms with Crippen LogP contribution in [-0.4, -0.2) is 22.9 Å². The van der Waals surface area contributed by atoms with Gasteiger partial charge in [-0.05, 0) is 36.6 Å². The third kappa shape index (κ3) is 4.30. The normalized spacial score (nSPS) is 10.6. The van der Waals surface area contributed by atoms with Gasteiger partial charge in [0.1, 0.15) is 6.61 Å². The zero-order valence-electron chi connectivity index (χ0n) is 15.3. The Morgan fingerprint density at radius 2 is 1.92 bits per heavy atom. The number of carbonyl (C=O) groups is 1. The van der Waals surface area contributed by atoms with Gasteiger partial charge in [0.15, 0.2) is 0 Å². The molecule has 1 N–H and O–H groups in total. The molecular formula is C21H23N3O2. The van der Waals surface area contributed by atoms with Crippen molar-refractivity contribution in [2.75, 3.05) is 7.05 Å². The Balaban J connectivity index is 1.72. The van der Waals surface area contributed by atoms with E-state index in [1.165, 1.54) is 11.1 Å². The summed E-state index contributed by atoms with van der Waals surface area (Å²) in [5.74, 6) is 0. The quantitative estimate of drug-likeness (QED) is 0.755. The van der Waals surface area contributed by atoms with E-state index in [9.17, 15) is 4.79 Å². The molecule has 0 fully saturated rings. The van der Waals surface area contributed by atoms with E-state index < -0.39 is 6.09 Å². The van der Waals surface area contributed by atoms with Gasteiger partial charge in [-0.3, -0.25) is 4.68 Å². The highest BCUT2D eigenvalue weighted by Gasteiger charge is 2.07. The average molecular weight is 349 g/mol. The summed E-state index contributed by atoms with van der Waals surface area (Å²) in [6.45, 7) is 5.12. The first-order chi connectivity index (χ1) is 12.5. The second-order valence-corrected chi connectivity index (χ2v) is 6.36. The SMILES string of the molecule is CNC(=O)OCc1cccc(Cn2ccc(-c3ccc(C)cc3C)n2)c1. The highest BCUT2D eigenvalue weighted by Crippen LogP contribution is 2.22. The first kappa shape index (κ1) is 17.7. The highest BCUT2D eigenvalue weighted by atomic mass is 16.5. The fourth-order valence-corrected chi connectivity index (χ4v) is 2.92. The van der Waals surface area contributed by atoms with Crippen molar-refractivity contribution in [1.29, 1.82) is 0 Å². The lowest BCUT2D eigenvalue weighted by atomic mass is 10.0. The number of ether oxygens (including phenoxy) is 1. The molecule has 1 aromatic heterocycles. The van der Waals surface area contributed by atoms with E-state index in [0.717, 1.165) is 22.4 Å². The largest absolute Gasteiger partial charge is 0.445 e.